The monoisotopic (exact) mass is 153 g/mol. The number of alkyl halides is 1. The van der Waals surface area contributed by atoms with E-state index in [0.29, 0.717) is 12.8 Å². The van der Waals surface area contributed by atoms with Gasteiger partial charge in [0.2, 0.25) is 10.0 Å². The summed E-state index contributed by atoms with van der Waals surface area (Å²) in [6.07, 6.45) is 0.673. The largest absolute Gasteiger partial charge is 0.243 e. The summed E-state index contributed by atoms with van der Waals surface area (Å²) < 4.78 is 33.0. The molecule has 3 nitrogen and oxygen atoms in total. The maximum Gasteiger partial charge on any atom is 0.212 e. The molecule has 1 fully saturated rings. The standard InChI is InChI=1S/C4H8FNO2S/c5-4(1-2-4)3-9(6,7)8/h1-3H2,(H2,6,7,8). The Balaban J connectivity index is 2.53. The van der Waals surface area contributed by atoms with Crippen molar-refractivity contribution < 1.29 is 12.8 Å². The molecule has 0 aliphatic heterocycles. The van der Waals surface area contributed by atoms with Crippen LogP contribution in [0.5, 0.6) is 0 Å². The van der Waals surface area contributed by atoms with Crippen LogP contribution in [0, 0.1) is 0 Å². The third kappa shape index (κ3) is 2.28. The van der Waals surface area contributed by atoms with Gasteiger partial charge in [-0.3, -0.25) is 0 Å². The maximum absolute atomic E-state index is 12.5. The lowest BCUT2D eigenvalue weighted by atomic mass is 10.5. The molecular weight excluding hydrogens is 145 g/mol. The van der Waals surface area contributed by atoms with Crippen molar-refractivity contribution in [2.24, 2.45) is 5.14 Å². The van der Waals surface area contributed by atoms with Crippen molar-refractivity contribution in [3.63, 3.8) is 0 Å². The Morgan fingerprint density at radius 2 is 2.00 bits per heavy atom. The fourth-order valence-electron chi connectivity index (χ4n) is 0.641. The van der Waals surface area contributed by atoms with Gasteiger partial charge in [-0.15, -0.1) is 0 Å². The molecule has 0 radical (unpaired) electrons. The van der Waals surface area contributed by atoms with Gasteiger partial charge in [0, 0.05) is 0 Å². The number of rotatable bonds is 2. The molecule has 0 saturated heterocycles. The minimum absolute atomic E-state index is 0.337. The van der Waals surface area contributed by atoms with Crippen LogP contribution in [-0.2, 0) is 10.0 Å². The summed E-state index contributed by atoms with van der Waals surface area (Å²) in [5.41, 5.74) is -1.48. The fraction of sp³-hybridized carbons (Fsp3) is 1.00. The lowest BCUT2D eigenvalue weighted by Gasteiger charge is -1.99. The number of halogens is 1. The fourth-order valence-corrected chi connectivity index (χ4v) is 1.65. The average molecular weight is 153 g/mol. The Morgan fingerprint density at radius 1 is 1.56 bits per heavy atom. The lowest BCUT2D eigenvalue weighted by Crippen LogP contribution is -2.24. The van der Waals surface area contributed by atoms with E-state index in [1.165, 1.54) is 0 Å². The normalized spacial score (nSPS) is 23.8. The summed E-state index contributed by atoms with van der Waals surface area (Å²) in [6, 6.07) is 0. The molecule has 1 saturated carbocycles. The molecule has 1 aliphatic carbocycles. The highest BCUT2D eigenvalue weighted by Crippen LogP contribution is 2.40. The van der Waals surface area contributed by atoms with Crippen molar-refractivity contribution in [2.75, 3.05) is 5.75 Å². The number of primary sulfonamides is 1. The molecule has 54 valence electrons. The zero-order valence-electron chi connectivity index (χ0n) is 4.80. The van der Waals surface area contributed by atoms with Gasteiger partial charge in [0.15, 0.2) is 0 Å². The van der Waals surface area contributed by atoms with Gasteiger partial charge in [0.25, 0.3) is 0 Å². The molecule has 0 unspecified atom stereocenters. The van der Waals surface area contributed by atoms with Gasteiger partial charge in [-0.2, -0.15) is 0 Å². The summed E-state index contributed by atoms with van der Waals surface area (Å²) in [7, 11) is -3.59. The molecule has 1 rings (SSSR count). The van der Waals surface area contributed by atoms with Crippen molar-refractivity contribution in [3.8, 4) is 0 Å². The van der Waals surface area contributed by atoms with E-state index in [2.05, 4.69) is 5.14 Å². The van der Waals surface area contributed by atoms with Crippen LogP contribution in [0.4, 0.5) is 4.39 Å². The Labute approximate surface area is 53.1 Å². The molecule has 0 atom stereocenters. The first kappa shape index (κ1) is 6.95. The first-order valence-electron chi connectivity index (χ1n) is 2.61. The van der Waals surface area contributed by atoms with E-state index in [1.54, 1.807) is 0 Å². The average Bonchev–Trinajstić information content (AvgIpc) is 2.12. The first-order chi connectivity index (χ1) is 3.91. The minimum atomic E-state index is -3.59. The van der Waals surface area contributed by atoms with Gasteiger partial charge in [-0.05, 0) is 12.8 Å². The van der Waals surface area contributed by atoms with Crippen LogP contribution in [0.1, 0.15) is 12.8 Å². The van der Waals surface area contributed by atoms with Crippen molar-refractivity contribution in [2.45, 2.75) is 18.5 Å². The summed E-state index contributed by atoms with van der Waals surface area (Å²) in [5, 5.41) is 4.59. The second-order valence-electron chi connectivity index (χ2n) is 2.46. The van der Waals surface area contributed by atoms with Crippen molar-refractivity contribution in [1.29, 1.82) is 0 Å². The number of sulfonamides is 1. The second kappa shape index (κ2) is 1.67. The second-order valence-corrected chi connectivity index (χ2v) is 4.07. The molecule has 1 aliphatic rings. The summed E-state index contributed by atoms with van der Waals surface area (Å²) in [5.74, 6) is -0.514. The Bertz CT molecular complexity index is 207. The highest BCUT2D eigenvalue weighted by molar-refractivity contribution is 7.89. The van der Waals surface area contributed by atoms with E-state index in [1.807, 2.05) is 0 Å². The van der Waals surface area contributed by atoms with Crippen LogP contribution >= 0.6 is 0 Å². The van der Waals surface area contributed by atoms with Crippen LogP contribution in [0.3, 0.4) is 0 Å². The van der Waals surface area contributed by atoms with E-state index < -0.39 is 21.4 Å². The number of hydrogen-bond acceptors (Lipinski definition) is 2. The van der Waals surface area contributed by atoms with E-state index in [4.69, 9.17) is 0 Å². The van der Waals surface area contributed by atoms with Crippen molar-refractivity contribution >= 4 is 10.0 Å². The summed E-state index contributed by atoms with van der Waals surface area (Å²) in [4.78, 5) is 0. The van der Waals surface area contributed by atoms with E-state index >= 15 is 0 Å². The predicted molar refractivity (Wildman–Crippen MR) is 31.0 cm³/mol. The molecule has 0 amide bonds. The van der Waals surface area contributed by atoms with Crippen LogP contribution in [0.2, 0.25) is 0 Å². The van der Waals surface area contributed by atoms with Crippen LogP contribution < -0.4 is 5.14 Å². The van der Waals surface area contributed by atoms with E-state index in [0.717, 1.165) is 0 Å². The summed E-state index contributed by atoms with van der Waals surface area (Å²) in [6.45, 7) is 0. The molecule has 2 N–H and O–H groups in total. The van der Waals surface area contributed by atoms with Crippen LogP contribution in [0.15, 0.2) is 0 Å². The first-order valence-corrected chi connectivity index (χ1v) is 4.32. The third-order valence-electron chi connectivity index (χ3n) is 1.25. The molecule has 0 spiro atoms. The van der Waals surface area contributed by atoms with Gasteiger partial charge >= 0.3 is 0 Å². The molecular formula is C4H8FNO2S. The zero-order valence-corrected chi connectivity index (χ0v) is 5.62. The molecule has 5 heteroatoms. The molecule has 0 heterocycles. The molecule has 9 heavy (non-hydrogen) atoms. The minimum Gasteiger partial charge on any atom is -0.243 e. The smallest absolute Gasteiger partial charge is 0.212 e. The Morgan fingerprint density at radius 3 is 2.11 bits per heavy atom. The van der Waals surface area contributed by atoms with E-state index in [-0.39, 0.29) is 0 Å². The van der Waals surface area contributed by atoms with Gasteiger partial charge in [-0.1, -0.05) is 0 Å². The highest BCUT2D eigenvalue weighted by atomic mass is 32.2. The molecule has 0 aromatic rings. The Hall–Kier alpha value is -0.160. The topological polar surface area (TPSA) is 60.2 Å². The van der Waals surface area contributed by atoms with Crippen LogP contribution in [0.25, 0.3) is 0 Å². The Kier molecular flexibility index (Phi) is 1.29. The van der Waals surface area contributed by atoms with Crippen LogP contribution in [-0.4, -0.2) is 19.8 Å². The van der Waals surface area contributed by atoms with Gasteiger partial charge in [0.05, 0.1) is 5.75 Å². The summed E-state index contributed by atoms with van der Waals surface area (Å²) >= 11 is 0. The van der Waals surface area contributed by atoms with Crippen molar-refractivity contribution in [3.05, 3.63) is 0 Å². The molecule has 0 aromatic heterocycles. The zero-order chi connectivity index (χ0) is 7.12. The van der Waals surface area contributed by atoms with Crippen molar-refractivity contribution in [1.82, 2.24) is 0 Å². The molecule has 0 aromatic carbocycles. The highest BCUT2D eigenvalue weighted by Gasteiger charge is 2.46. The molecule has 0 bridgehead atoms. The lowest BCUT2D eigenvalue weighted by molar-refractivity contribution is 0.340. The number of hydrogen-bond donors (Lipinski definition) is 1. The predicted octanol–water partition coefficient (Wildman–Crippen LogP) is -0.223. The van der Waals surface area contributed by atoms with Gasteiger partial charge < -0.3 is 0 Å². The van der Waals surface area contributed by atoms with Gasteiger partial charge in [-0.25, -0.2) is 17.9 Å². The SMILES string of the molecule is NS(=O)(=O)CC1(F)CC1. The van der Waals surface area contributed by atoms with E-state index in [9.17, 15) is 12.8 Å². The third-order valence-corrected chi connectivity index (χ3v) is 2.17. The maximum atomic E-state index is 12.5. The van der Waals surface area contributed by atoms with Gasteiger partial charge in [0.1, 0.15) is 5.67 Å². The quantitative estimate of drug-likeness (QED) is 0.596. The number of nitrogens with two attached hydrogens (primary N) is 1.